The molecule has 1 N–H and O–H groups in total. The predicted octanol–water partition coefficient (Wildman–Crippen LogP) is 5.01. The van der Waals surface area contributed by atoms with E-state index in [2.05, 4.69) is 0 Å². The lowest BCUT2D eigenvalue weighted by Crippen LogP contribution is -2.25. The Morgan fingerprint density at radius 3 is 2.19 bits per heavy atom. The van der Waals surface area contributed by atoms with Crippen LogP contribution in [0.3, 0.4) is 0 Å². The molecule has 0 bridgehead atoms. The Morgan fingerprint density at radius 1 is 0.926 bits per heavy atom. The lowest BCUT2D eigenvalue weighted by Gasteiger charge is -2.11. The highest BCUT2D eigenvalue weighted by Crippen LogP contribution is 2.30. The van der Waals surface area contributed by atoms with E-state index >= 15 is 0 Å². The van der Waals surface area contributed by atoms with E-state index in [0.717, 1.165) is 18.3 Å². The molecule has 0 spiro atoms. The molecule has 2 aromatic carbocycles. The molecule has 0 amide bonds. The number of ketones is 1. The number of Topliss-reactive ketones (excluding diaryl/α,β-unsaturated/α-hetero) is 1. The monoisotopic (exact) mass is 387 g/mol. The molecule has 2 nitrogen and oxygen atoms in total. The van der Waals surface area contributed by atoms with Crippen LogP contribution in [0.4, 0.5) is 26.3 Å². The normalized spacial score (nSPS) is 12.7. The fourth-order valence-corrected chi connectivity index (χ4v) is 2.35. The number of alkyl halides is 6. The van der Waals surface area contributed by atoms with Gasteiger partial charge in [-0.3, -0.25) is 4.79 Å². The Kier molecular flexibility index (Phi) is 6.30. The van der Waals surface area contributed by atoms with Gasteiger partial charge in [-0.2, -0.15) is 26.3 Å². The molecule has 8 heteroatoms. The van der Waals surface area contributed by atoms with Gasteiger partial charge in [0.1, 0.15) is 6.54 Å². The average molecular weight is 387 g/mol. The molecule has 0 fully saturated rings. The van der Waals surface area contributed by atoms with E-state index < -0.39 is 30.2 Å². The van der Waals surface area contributed by atoms with Crippen molar-refractivity contribution in [2.24, 2.45) is 0 Å². The molecule has 0 unspecified atom stereocenters. The summed E-state index contributed by atoms with van der Waals surface area (Å²) in [4.78, 5) is 12.6. The van der Waals surface area contributed by atoms with Gasteiger partial charge in [0.2, 0.25) is 0 Å². The Balaban J connectivity index is 2.25. The molecule has 27 heavy (non-hydrogen) atoms. The largest absolute Gasteiger partial charge is 0.416 e. The minimum absolute atomic E-state index is 0.0442. The molecule has 0 aromatic heterocycles. The van der Waals surface area contributed by atoms with Gasteiger partial charge in [-0.25, -0.2) is 0 Å². The third kappa shape index (κ3) is 6.47. The molecule has 0 aliphatic rings. The molecule has 0 atom stereocenters. The van der Waals surface area contributed by atoms with Gasteiger partial charge >= 0.3 is 12.4 Å². The lowest BCUT2D eigenvalue weighted by atomic mass is 9.97. The van der Waals surface area contributed by atoms with E-state index in [1.165, 1.54) is 24.3 Å². The minimum Gasteiger partial charge on any atom is -0.382 e. The second-order valence-corrected chi connectivity index (χ2v) is 5.72. The fourth-order valence-electron chi connectivity index (χ4n) is 2.35. The molecule has 2 aromatic rings. The Hall–Kier alpha value is -2.77. The first kappa shape index (κ1) is 20.5. The number of hydrogen-bond acceptors (Lipinski definition) is 2. The van der Waals surface area contributed by atoms with Crippen LogP contribution in [-0.4, -0.2) is 18.5 Å². The average Bonchev–Trinajstić information content (AvgIpc) is 2.58. The Bertz CT molecular complexity index is 809. The third-order valence-electron chi connectivity index (χ3n) is 3.55. The van der Waals surface area contributed by atoms with E-state index in [-0.39, 0.29) is 17.6 Å². The van der Waals surface area contributed by atoms with E-state index in [4.69, 9.17) is 0 Å². The number of rotatable bonds is 6. The van der Waals surface area contributed by atoms with Crippen molar-refractivity contribution < 1.29 is 31.1 Å². The first-order valence-electron chi connectivity index (χ1n) is 7.81. The summed E-state index contributed by atoms with van der Waals surface area (Å²) in [5, 5.41) is 2.04. The van der Waals surface area contributed by atoms with Crippen LogP contribution in [0.2, 0.25) is 0 Å². The number of carbonyl (C=O) groups excluding carboxylic acids is 1. The Morgan fingerprint density at radius 2 is 1.59 bits per heavy atom. The summed E-state index contributed by atoms with van der Waals surface area (Å²) in [6.45, 7) is -1.33. The highest BCUT2D eigenvalue weighted by Gasteiger charge is 2.30. The fraction of sp³-hybridized carbons (Fsp3) is 0.211. The standard InChI is InChI=1S/C19H15F6NO/c20-18(21,22)12-26-11-16(14-6-2-1-3-7-14)17(27)10-13-5-4-8-15(9-13)19(23,24)25/h1-9,11,26H,10,12H2. The van der Waals surface area contributed by atoms with Crippen LogP contribution in [0.5, 0.6) is 0 Å². The molecule has 0 aliphatic carbocycles. The third-order valence-corrected chi connectivity index (χ3v) is 3.55. The topological polar surface area (TPSA) is 29.1 Å². The van der Waals surface area contributed by atoms with Crippen molar-refractivity contribution in [3.8, 4) is 0 Å². The van der Waals surface area contributed by atoms with E-state index in [1.54, 1.807) is 18.2 Å². The van der Waals surface area contributed by atoms with Crippen molar-refractivity contribution in [3.63, 3.8) is 0 Å². The first-order chi connectivity index (χ1) is 12.6. The molecular formula is C19H15F6NO. The van der Waals surface area contributed by atoms with Crippen molar-refractivity contribution in [2.75, 3.05) is 6.54 Å². The second kappa shape index (κ2) is 8.28. The SMILES string of the molecule is O=C(Cc1cccc(C(F)(F)F)c1)C(=CNCC(F)(F)F)c1ccccc1. The van der Waals surface area contributed by atoms with Crippen LogP contribution in [0, 0.1) is 0 Å². The molecule has 144 valence electrons. The second-order valence-electron chi connectivity index (χ2n) is 5.72. The Labute approximate surface area is 151 Å². The van der Waals surface area contributed by atoms with Crippen LogP contribution in [0.15, 0.2) is 60.8 Å². The quantitative estimate of drug-likeness (QED) is 0.558. The highest BCUT2D eigenvalue weighted by atomic mass is 19.4. The smallest absolute Gasteiger partial charge is 0.382 e. The van der Waals surface area contributed by atoms with E-state index in [0.29, 0.717) is 5.56 Å². The van der Waals surface area contributed by atoms with Gasteiger partial charge in [0.25, 0.3) is 0 Å². The molecule has 0 heterocycles. The number of allylic oxidation sites excluding steroid dienone is 1. The zero-order valence-electron chi connectivity index (χ0n) is 13.9. The highest BCUT2D eigenvalue weighted by molar-refractivity contribution is 6.21. The summed E-state index contributed by atoms with van der Waals surface area (Å²) in [6.07, 6.45) is -8.45. The van der Waals surface area contributed by atoms with Crippen molar-refractivity contribution >= 4 is 11.4 Å². The number of carbonyl (C=O) groups is 1. The molecule has 0 aliphatic heterocycles. The van der Waals surface area contributed by atoms with Crippen molar-refractivity contribution in [3.05, 3.63) is 77.5 Å². The van der Waals surface area contributed by atoms with Crippen LogP contribution >= 0.6 is 0 Å². The van der Waals surface area contributed by atoms with Gasteiger partial charge in [-0.1, -0.05) is 48.5 Å². The zero-order valence-corrected chi connectivity index (χ0v) is 13.9. The summed E-state index contributed by atoms with van der Waals surface area (Å²) in [6, 6.07) is 12.2. The molecule has 0 radical (unpaired) electrons. The number of benzene rings is 2. The number of halogens is 6. The first-order valence-corrected chi connectivity index (χ1v) is 7.81. The maximum Gasteiger partial charge on any atom is 0.416 e. The molecular weight excluding hydrogens is 372 g/mol. The van der Waals surface area contributed by atoms with Gasteiger partial charge < -0.3 is 5.32 Å². The summed E-state index contributed by atoms with van der Waals surface area (Å²) in [5.41, 5.74) is -0.456. The van der Waals surface area contributed by atoms with Crippen LogP contribution in [0.1, 0.15) is 16.7 Å². The number of hydrogen-bond donors (Lipinski definition) is 1. The van der Waals surface area contributed by atoms with Crippen LogP contribution in [-0.2, 0) is 17.4 Å². The van der Waals surface area contributed by atoms with Gasteiger partial charge in [-0.15, -0.1) is 0 Å². The zero-order chi connectivity index (χ0) is 20.1. The molecule has 2 rings (SSSR count). The predicted molar refractivity (Wildman–Crippen MR) is 88.6 cm³/mol. The summed E-state index contributed by atoms with van der Waals surface area (Å²) >= 11 is 0. The van der Waals surface area contributed by atoms with Crippen molar-refractivity contribution in [1.29, 1.82) is 0 Å². The maximum absolute atomic E-state index is 12.8. The van der Waals surface area contributed by atoms with E-state index in [1.807, 2.05) is 5.32 Å². The summed E-state index contributed by atoms with van der Waals surface area (Å²) in [5.74, 6) is -0.602. The lowest BCUT2D eigenvalue weighted by molar-refractivity contribution is -0.137. The van der Waals surface area contributed by atoms with Gasteiger partial charge in [-0.05, 0) is 17.2 Å². The van der Waals surface area contributed by atoms with E-state index in [9.17, 15) is 31.1 Å². The van der Waals surface area contributed by atoms with Crippen molar-refractivity contribution in [2.45, 2.75) is 18.8 Å². The van der Waals surface area contributed by atoms with Crippen LogP contribution in [0.25, 0.3) is 5.57 Å². The molecule has 0 saturated carbocycles. The minimum atomic E-state index is -4.55. The summed E-state index contributed by atoms with van der Waals surface area (Å²) < 4.78 is 75.4. The van der Waals surface area contributed by atoms with Gasteiger partial charge in [0, 0.05) is 18.2 Å². The van der Waals surface area contributed by atoms with Gasteiger partial charge in [0.05, 0.1) is 5.56 Å². The maximum atomic E-state index is 12.8. The molecule has 0 saturated heterocycles. The van der Waals surface area contributed by atoms with Crippen molar-refractivity contribution in [1.82, 2.24) is 5.32 Å². The summed E-state index contributed by atoms with van der Waals surface area (Å²) in [7, 11) is 0. The van der Waals surface area contributed by atoms with Crippen LogP contribution < -0.4 is 5.32 Å². The number of nitrogens with one attached hydrogen (secondary N) is 1. The van der Waals surface area contributed by atoms with Gasteiger partial charge in [0.15, 0.2) is 5.78 Å².